The van der Waals surface area contributed by atoms with Crippen molar-refractivity contribution in [3.8, 4) is 0 Å². The van der Waals surface area contributed by atoms with Crippen LogP contribution in [0.4, 0.5) is 0 Å². The number of ether oxygens (including phenoxy) is 1. The highest BCUT2D eigenvalue weighted by atomic mass is 16.5. The van der Waals surface area contributed by atoms with E-state index in [1.54, 1.807) is 7.11 Å². The molecule has 4 bridgehead atoms. The third kappa shape index (κ3) is 1.45. The standard InChI is InChI=1S/C13H20O2/c1-15-8-12(14)13-5-9-2-10(6-13)4-11(3-9)7-13/h9-11H,2-8H2,1H3. The summed E-state index contributed by atoms with van der Waals surface area (Å²) >= 11 is 0. The highest BCUT2D eigenvalue weighted by Crippen LogP contribution is 2.60. The van der Waals surface area contributed by atoms with Crippen molar-refractivity contribution in [3.05, 3.63) is 0 Å². The molecular formula is C13H20O2. The van der Waals surface area contributed by atoms with Crippen LogP contribution in [0.25, 0.3) is 0 Å². The third-order valence-electron chi connectivity index (χ3n) is 4.91. The highest BCUT2D eigenvalue weighted by Gasteiger charge is 2.54. The van der Waals surface area contributed by atoms with Gasteiger partial charge in [-0.05, 0) is 56.3 Å². The smallest absolute Gasteiger partial charge is 0.164 e. The van der Waals surface area contributed by atoms with Crippen LogP contribution in [0.3, 0.4) is 0 Å². The SMILES string of the molecule is COCC(=O)C12CC3CC(CC(C3)C1)C2. The Morgan fingerprint density at radius 1 is 1.13 bits per heavy atom. The van der Waals surface area contributed by atoms with Crippen LogP contribution in [0, 0.1) is 23.2 Å². The monoisotopic (exact) mass is 208 g/mol. The van der Waals surface area contributed by atoms with Gasteiger partial charge in [0, 0.05) is 12.5 Å². The topological polar surface area (TPSA) is 26.3 Å². The van der Waals surface area contributed by atoms with Crippen LogP contribution in [-0.4, -0.2) is 19.5 Å². The van der Waals surface area contributed by atoms with Gasteiger partial charge in [-0.25, -0.2) is 0 Å². The van der Waals surface area contributed by atoms with Gasteiger partial charge in [0.05, 0.1) is 0 Å². The number of rotatable bonds is 3. The first-order chi connectivity index (χ1) is 7.22. The minimum Gasteiger partial charge on any atom is -0.377 e. The quantitative estimate of drug-likeness (QED) is 0.712. The van der Waals surface area contributed by atoms with Gasteiger partial charge in [-0.1, -0.05) is 0 Å². The summed E-state index contributed by atoms with van der Waals surface area (Å²) < 4.78 is 5.04. The van der Waals surface area contributed by atoms with Gasteiger partial charge in [0.2, 0.25) is 0 Å². The van der Waals surface area contributed by atoms with E-state index in [9.17, 15) is 4.79 Å². The van der Waals surface area contributed by atoms with E-state index in [-0.39, 0.29) is 5.41 Å². The number of hydrogen-bond acceptors (Lipinski definition) is 2. The van der Waals surface area contributed by atoms with Crippen molar-refractivity contribution < 1.29 is 9.53 Å². The second kappa shape index (κ2) is 3.31. The molecule has 15 heavy (non-hydrogen) atoms. The van der Waals surface area contributed by atoms with Gasteiger partial charge >= 0.3 is 0 Å². The predicted octanol–water partition coefficient (Wildman–Crippen LogP) is 2.42. The van der Waals surface area contributed by atoms with Crippen LogP contribution >= 0.6 is 0 Å². The molecule has 4 rings (SSSR count). The summed E-state index contributed by atoms with van der Waals surface area (Å²) in [4.78, 5) is 12.2. The maximum Gasteiger partial charge on any atom is 0.164 e. The van der Waals surface area contributed by atoms with E-state index in [0.717, 1.165) is 17.8 Å². The lowest BCUT2D eigenvalue weighted by Gasteiger charge is -2.55. The largest absolute Gasteiger partial charge is 0.377 e. The summed E-state index contributed by atoms with van der Waals surface area (Å²) in [5.74, 6) is 2.97. The van der Waals surface area contributed by atoms with E-state index in [4.69, 9.17) is 4.74 Å². The molecule has 0 radical (unpaired) electrons. The molecule has 0 heterocycles. The number of ketones is 1. The molecular weight excluding hydrogens is 188 g/mol. The zero-order chi connectivity index (χ0) is 10.5. The van der Waals surface area contributed by atoms with Crippen LogP contribution in [0.15, 0.2) is 0 Å². The summed E-state index contributed by atoms with van der Waals surface area (Å²) in [6, 6.07) is 0. The van der Waals surface area contributed by atoms with E-state index in [1.807, 2.05) is 0 Å². The molecule has 0 saturated heterocycles. The minimum absolute atomic E-state index is 0.0464. The van der Waals surface area contributed by atoms with Gasteiger partial charge in [0.25, 0.3) is 0 Å². The molecule has 2 nitrogen and oxygen atoms in total. The fraction of sp³-hybridized carbons (Fsp3) is 0.923. The van der Waals surface area contributed by atoms with Crippen molar-refractivity contribution in [3.63, 3.8) is 0 Å². The molecule has 0 aliphatic heterocycles. The molecule has 0 spiro atoms. The Morgan fingerprint density at radius 2 is 1.60 bits per heavy atom. The molecule has 4 saturated carbocycles. The van der Waals surface area contributed by atoms with Crippen molar-refractivity contribution in [2.45, 2.75) is 38.5 Å². The van der Waals surface area contributed by atoms with Crippen molar-refractivity contribution >= 4 is 5.78 Å². The lowest BCUT2D eigenvalue weighted by molar-refractivity contribution is -0.147. The van der Waals surface area contributed by atoms with E-state index in [0.29, 0.717) is 12.4 Å². The van der Waals surface area contributed by atoms with Crippen molar-refractivity contribution in [2.24, 2.45) is 23.2 Å². The van der Waals surface area contributed by atoms with E-state index < -0.39 is 0 Å². The average Bonchev–Trinajstić information content (AvgIpc) is 2.15. The van der Waals surface area contributed by atoms with Crippen LogP contribution in [0.1, 0.15) is 38.5 Å². The first-order valence-electron chi connectivity index (χ1n) is 6.24. The number of methoxy groups -OCH3 is 1. The first-order valence-corrected chi connectivity index (χ1v) is 6.24. The molecule has 84 valence electrons. The van der Waals surface area contributed by atoms with Crippen molar-refractivity contribution in [1.82, 2.24) is 0 Å². The zero-order valence-corrected chi connectivity index (χ0v) is 9.50. The average molecular weight is 208 g/mol. The Balaban J connectivity index is 1.83. The lowest BCUT2D eigenvalue weighted by atomic mass is 9.48. The van der Waals surface area contributed by atoms with Gasteiger partial charge in [0.15, 0.2) is 5.78 Å². The Bertz CT molecular complexity index is 247. The Hall–Kier alpha value is -0.370. The molecule has 2 heteroatoms. The molecule has 4 fully saturated rings. The number of hydrogen-bond donors (Lipinski definition) is 0. The third-order valence-corrected chi connectivity index (χ3v) is 4.91. The van der Waals surface area contributed by atoms with Crippen LogP contribution in [0.2, 0.25) is 0 Å². The lowest BCUT2D eigenvalue weighted by Crippen LogP contribution is -2.50. The molecule has 0 amide bonds. The first kappa shape index (κ1) is 9.83. The normalized spacial score (nSPS) is 47.1. The van der Waals surface area contributed by atoms with Crippen molar-refractivity contribution in [1.29, 1.82) is 0 Å². The second-order valence-corrected chi connectivity index (χ2v) is 6.05. The van der Waals surface area contributed by atoms with Gasteiger partial charge < -0.3 is 4.74 Å². The Labute approximate surface area is 91.4 Å². The molecule has 4 aliphatic rings. The summed E-state index contributed by atoms with van der Waals surface area (Å²) in [5.41, 5.74) is 0.0464. The van der Waals surface area contributed by atoms with Crippen LogP contribution < -0.4 is 0 Å². The van der Waals surface area contributed by atoms with Crippen molar-refractivity contribution in [2.75, 3.05) is 13.7 Å². The maximum atomic E-state index is 12.2. The van der Waals surface area contributed by atoms with E-state index in [2.05, 4.69) is 0 Å². The minimum atomic E-state index is 0.0464. The van der Waals surface area contributed by atoms with Gasteiger partial charge in [-0.15, -0.1) is 0 Å². The molecule has 0 N–H and O–H groups in total. The van der Waals surface area contributed by atoms with E-state index >= 15 is 0 Å². The van der Waals surface area contributed by atoms with Gasteiger partial charge in [-0.3, -0.25) is 4.79 Å². The van der Waals surface area contributed by atoms with E-state index in [1.165, 1.54) is 38.5 Å². The Kier molecular flexibility index (Phi) is 2.17. The fourth-order valence-corrected chi connectivity index (χ4v) is 4.74. The molecule has 0 aromatic heterocycles. The molecule has 0 aromatic rings. The predicted molar refractivity (Wildman–Crippen MR) is 57.5 cm³/mol. The molecule has 0 aromatic carbocycles. The molecule has 0 atom stereocenters. The van der Waals surface area contributed by atoms with Gasteiger partial charge in [-0.2, -0.15) is 0 Å². The number of carbonyl (C=O) groups is 1. The molecule has 4 aliphatic carbocycles. The Morgan fingerprint density at radius 3 is 2.00 bits per heavy atom. The summed E-state index contributed by atoms with van der Waals surface area (Å²) in [6.07, 6.45) is 7.71. The summed E-state index contributed by atoms with van der Waals surface area (Å²) in [5, 5.41) is 0. The maximum absolute atomic E-state index is 12.2. The van der Waals surface area contributed by atoms with Crippen LogP contribution in [0.5, 0.6) is 0 Å². The fourth-order valence-electron chi connectivity index (χ4n) is 4.74. The second-order valence-electron chi connectivity index (χ2n) is 6.05. The summed E-state index contributed by atoms with van der Waals surface area (Å²) in [7, 11) is 1.64. The number of Topliss-reactive ketones (excluding diaryl/α,β-unsaturated/α-hetero) is 1. The summed E-state index contributed by atoms with van der Waals surface area (Å²) in [6.45, 7) is 0.339. The highest BCUT2D eigenvalue weighted by molar-refractivity contribution is 5.86. The molecule has 0 unspecified atom stereocenters. The van der Waals surface area contributed by atoms with Crippen LogP contribution in [-0.2, 0) is 9.53 Å². The number of carbonyl (C=O) groups excluding carboxylic acids is 1. The van der Waals surface area contributed by atoms with Gasteiger partial charge in [0.1, 0.15) is 6.61 Å². The zero-order valence-electron chi connectivity index (χ0n) is 9.50.